The Morgan fingerprint density at radius 3 is 1.88 bits per heavy atom. The smallest absolute Gasteiger partial charge is 0.0280 e. The Labute approximate surface area is 220 Å². The second-order valence-corrected chi connectivity index (χ2v) is 7.73. The predicted octanol–water partition coefficient (Wildman–Crippen LogP) is 7.69. The molecule has 2 aromatic heterocycles. The van der Waals surface area contributed by atoms with Crippen LogP contribution in [0.5, 0.6) is 0 Å². The standard InChI is InChI=1S/C18H14N.C13H12N.Ir/c1-14-7-9-15(10-8-14)17-11-12-19-18(13-17)16-5-3-2-4-6-16;1-10-8-13(14-9-11(10)2)12-6-4-3-5-7-12;/h2-5,7-13H,1H3;3-6,8-9H,1-2H3;/q2*-1;/i;2D3;. The Morgan fingerprint density at radius 2 is 1.32 bits per heavy atom. The summed E-state index contributed by atoms with van der Waals surface area (Å²) < 4.78 is 22.1. The van der Waals surface area contributed by atoms with E-state index in [9.17, 15) is 0 Å². The van der Waals surface area contributed by atoms with Gasteiger partial charge in [0.15, 0.2) is 0 Å². The van der Waals surface area contributed by atoms with Crippen LogP contribution in [-0.2, 0) is 20.1 Å². The van der Waals surface area contributed by atoms with Crippen molar-refractivity contribution in [2.75, 3.05) is 0 Å². The maximum atomic E-state index is 7.37. The van der Waals surface area contributed by atoms with Crippen molar-refractivity contribution in [1.82, 2.24) is 9.97 Å². The van der Waals surface area contributed by atoms with Crippen molar-refractivity contribution in [3.8, 4) is 33.6 Å². The third-order valence-electron chi connectivity index (χ3n) is 5.23. The topological polar surface area (TPSA) is 25.8 Å². The van der Waals surface area contributed by atoms with E-state index in [2.05, 4.69) is 59.4 Å². The molecular weight excluding hydrogens is 593 g/mol. The second kappa shape index (κ2) is 12.2. The number of pyridine rings is 2. The number of nitrogens with zero attached hydrogens (tertiary/aromatic N) is 2. The molecule has 3 aromatic carbocycles. The third kappa shape index (κ3) is 6.57. The number of benzene rings is 3. The van der Waals surface area contributed by atoms with Crippen LogP contribution in [-0.4, -0.2) is 9.97 Å². The number of aryl methyl sites for hydroxylation is 3. The van der Waals surface area contributed by atoms with Crippen LogP contribution in [0.25, 0.3) is 33.6 Å². The Bertz CT molecular complexity index is 1420. The molecule has 0 bridgehead atoms. The van der Waals surface area contributed by atoms with E-state index in [1.165, 1.54) is 22.9 Å². The van der Waals surface area contributed by atoms with Crippen molar-refractivity contribution in [3.63, 3.8) is 0 Å². The van der Waals surface area contributed by atoms with Crippen molar-refractivity contribution < 1.29 is 24.2 Å². The van der Waals surface area contributed by atoms with E-state index in [1.807, 2.05) is 60.8 Å². The van der Waals surface area contributed by atoms with Crippen LogP contribution in [0.2, 0.25) is 0 Å². The van der Waals surface area contributed by atoms with Gasteiger partial charge >= 0.3 is 0 Å². The molecule has 3 heteroatoms. The van der Waals surface area contributed by atoms with Crippen LogP contribution < -0.4 is 0 Å². The fourth-order valence-corrected chi connectivity index (χ4v) is 3.31. The van der Waals surface area contributed by atoms with Gasteiger partial charge in [0.25, 0.3) is 0 Å². The van der Waals surface area contributed by atoms with Gasteiger partial charge in [-0.2, -0.15) is 0 Å². The van der Waals surface area contributed by atoms with E-state index >= 15 is 0 Å². The number of hydrogen-bond donors (Lipinski definition) is 0. The van der Waals surface area contributed by atoms with Gasteiger partial charge in [0, 0.05) is 36.6 Å². The number of rotatable bonds is 3. The molecule has 5 aromatic rings. The van der Waals surface area contributed by atoms with Crippen LogP contribution >= 0.6 is 0 Å². The average Bonchev–Trinajstić information content (AvgIpc) is 2.90. The van der Waals surface area contributed by atoms with Gasteiger partial charge in [-0.3, -0.25) is 0 Å². The molecule has 34 heavy (non-hydrogen) atoms. The molecule has 0 aliphatic heterocycles. The van der Waals surface area contributed by atoms with Crippen LogP contribution in [0.3, 0.4) is 0 Å². The molecule has 0 saturated carbocycles. The Hall–Kier alpha value is -3.39. The molecule has 2 heterocycles. The van der Waals surface area contributed by atoms with Crippen LogP contribution in [0.4, 0.5) is 0 Å². The van der Waals surface area contributed by atoms with E-state index in [0.717, 1.165) is 28.1 Å². The molecule has 0 saturated heterocycles. The molecule has 0 spiro atoms. The van der Waals surface area contributed by atoms with Gasteiger partial charge in [-0.15, -0.1) is 71.8 Å². The molecule has 0 aliphatic carbocycles. The van der Waals surface area contributed by atoms with E-state index in [0.29, 0.717) is 5.56 Å². The zero-order valence-corrected chi connectivity index (χ0v) is 21.4. The molecule has 0 atom stereocenters. The van der Waals surface area contributed by atoms with Gasteiger partial charge in [-0.25, -0.2) is 0 Å². The minimum atomic E-state index is -2.10. The molecule has 5 rings (SSSR count). The molecule has 171 valence electrons. The first-order chi connectivity index (χ1) is 17.3. The van der Waals surface area contributed by atoms with E-state index in [4.69, 9.17) is 4.11 Å². The van der Waals surface area contributed by atoms with E-state index < -0.39 is 6.85 Å². The van der Waals surface area contributed by atoms with Crippen molar-refractivity contribution in [2.24, 2.45) is 0 Å². The Morgan fingerprint density at radius 1 is 0.676 bits per heavy atom. The molecule has 1 radical (unpaired) electrons. The van der Waals surface area contributed by atoms with Crippen molar-refractivity contribution in [3.05, 3.63) is 132 Å². The third-order valence-corrected chi connectivity index (χ3v) is 5.23. The zero-order chi connectivity index (χ0) is 25.5. The number of aromatic nitrogens is 2. The van der Waals surface area contributed by atoms with Gasteiger partial charge in [0.2, 0.25) is 0 Å². The van der Waals surface area contributed by atoms with Gasteiger partial charge in [0.1, 0.15) is 0 Å². The van der Waals surface area contributed by atoms with Crippen molar-refractivity contribution >= 4 is 0 Å². The quantitative estimate of drug-likeness (QED) is 0.193. The minimum Gasteiger partial charge on any atom is -0.305 e. The summed E-state index contributed by atoms with van der Waals surface area (Å²) in [7, 11) is 0. The maximum Gasteiger partial charge on any atom is 0.0280 e. The van der Waals surface area contributed by atoms with Gasteiger partial charge in [0.05, 0.1) is 0 Å². The summed E-state index contributed by atoms with van der Waals surface area (Å²) in [5.41, 5.74) is 8.30. The Balaban J connectivity index is 0.000000201. The SMILES string of the molecule is Cc1ccc(-c2ccnc(-c3[c-]cccc3)c2)cc1.[2H]C([2H])([2H])c1cnc(-c2[c-]cccc2)cc1C.[Ir]. The summed E-state index contributed by atoms with van der Waals surface area (Å²) in [5, 5.41) is 0. The molecule has 0 unspecified atom stereocenters. The molecule has 0 amide bonds. The largest absolute Gasteiger partial charge is 0.305 e. The fourth-order valence-electron chi connectivity index (χ4n) is 3.31. The molecule has 2 nitrogen and oxygen atoms in total. The first-order valence-corrected chi connectivity index (χ1v) is 10.8. The molecule has 0 N–H and O–H groups in total. The monoisotopic (exact) mass is 622 g/mol. The van der Waals surface area contributed by atoms with Gasteiger partial charge in [-0.05, 0) is 54.8 Å². The summed E-state index contributed by atoms with van der Waals surface area (Å²) in [6.07, 6.45) is 3.28. The normalized spacial score (nSPS) is 11.6. The predicted molar refractivity (Wildman–Crippen MR) is 137 cm³/mol. The summed E-state index contributed by atoms with van der Waals surface area (Å²) in [6, 6.07) is 36.2. The van der Waals surface area contributed by atoms with Crippen molar-refractivity contribution in [2.45, 2.75) is 20.7 Å². The van der Waals surface area contributed by atoms with E-state index in [1.54, 1.807) is 13.0 Å². The first kappa shape index (κ1) is 21.2. The van der Waals surface area contributed by atoms with Crippen LogP contribution in [0, 0.1) is 32.8 Å². The van der Waals surface area contributed by atoms with Crippen LogP contribution in [0.15, 0.2) is 103 Å². The van der Waals surface area contributed by atoms with Crippen LogP contribution in [0.1, 0.15) is 20.8 Å². The van der Waals surface area contributed by atoms with Crippen molar-refractivity contribution in [1.29, 1.82) is 0 Å². The Kier molecular flexibility index (Phi) is 7.58. The zero-order valence-electron chi connectivity index (χ0n) is 22.0. The fraction of sp³-hybridized carbons (Fsp3) is 0.0968. The maximum absolute atomic E-state index is 7.37. The second-order valence-electron chi connectivity index (χ2n) is 7.73. The first-order valence-electron chi connectivity index (χ1n) is 12.3. The molecule has 0 fully saturated rings. The minimum absolute atomic E-state index is 0. The summed E-state index contributed by atoms with van der Waals surface area (Å²) in [5.74, 6) is 0. The molecule has 0 aliphatic rings. The van der Waals surface area contributed by atoms with E-state index in [-0.39, 0.29) is 20.1 Å². The van der Waals surface area contributed by atoms with Gasteiger partial charge < -0.3 is 9.97 Å². The molecular formula is C31H26IrN2-2. The summed E-state index contributed by atoms with van der Waals surface area (Å²) >= 11 is 0. The summed E-state index contributed by atoms with van der Waals surface area (Å²) in [4.78, 5) is 8.61. The summed E-state index contributed by atoms with van der Waals surface area (Å²) in [6.45, 7) is 1.78. The van der Waals surface area contributed by atoms with Gasteiger partial charge in [-0.1, -0.05) is 47.5 Å². The average molecular weight is 622 g/mol. The number of hydrogen-bond acceptors (Lipinski definition) is 2.